The lowest BCUT2D eigenvalue weighted by atomic mass is 9.81. The molecule has 2 aliphatic rings. The molecule has 1 saturated heterocycles. The fourth-order valence-electron chi connectivity index (χ4n) is 3.28. The van der Waals surface area contributed by atoms with Crippen LogP contribution in [0.4, 0.5) is 5.95 Å². The number of piperazine rings is 1. The maximum absolute atomic E-state index is 12.7. The third kappa shape index (κ3) is 3.00. The van der Waals surface area contributed by atoms with Gasteiger partial charge in [-0.3, -0.25) is 4.79 Å². The van der Waals surface area contributed by atoms with Crippen molar-refractivity contribution in [1.29, 1.82) is 0 Å². The van der Waals surface area contributed by atoms with Crippen molar-refractivity contribution in [3.05, 3.63) is 18.5 Å². The van der Waals surface area contributed by atoms with Gasteiger partial charge >= 0.3 is 0 Å². The highest BCUT2D eigenvalue weighted by atomic mass is 16.2. The number of hydrogen-bond donors (Lipinski definition) is 1. The Morgan fingerprint density at radius 1 is 1.05 bits per heavy atom. The van der Waals surface area contributed by atoms with Crippen LogP contribution < -0.4 is 10.6 Å². The molecule has 114 valence electrons. The fraction of sp³-hybridized carbons (Fsp3) is 0.667. The number of nitrogens with zero attached hydrogens (tertiary/aromatic N) is 4. The Kier molecular flexibility index (Phi) is 4.05. The Labute approximate surface area is 125 Å². The zero-order valence-electron chi connectivity index (χ0n) is 12.4. The summed E-state index contributed by atoms with van der Waals surface area (Å²) in [6, 6.07) is 1.81. The fourth-order valence-corrected chi connectivity index (χ4v) is 3.28. The Hall–Kier alpha value is -1.69. The summed E-state index contributed by atoms with van der Waals surface area (Å²) in [5.41, 5.74) is 5.73. The van der Waals surface area contributed by atoms with Crippen LogP contribution >= 0.6 is 0 Å². The number of aromatic nitrogens is 2. The van der Waals surface area contributed by atoms with E-state index >= 15 is 0 Å². The number of hydrogen-bond acceptors (Lipinski definition) is 5. The molecule has 2 fully saturated rings. The largest absolute Gasteiger partial charge is 0.338 e. The summed E-state index contributed by atoms with van der Waals surface area (Å²) in [6.07, 6.45) is 8.49. The zero-order valence-corrected chi connectivity index (χ0v) is 12.4. The van der Waals surface area contributed by atoms with Crippen LogP contribution in [0, 0.1) is 0 Å². The van der Waals surface area contributed by atoms with Gasteiger partial charge in [0, 0.05) is 38.6 Å². The molecule has 1 aromatic rings. The number of amides is 1. The molecule has 2 heterocycles. The third-order valence-corrected chi connectivity index (χ3v) is 4.57. The standard InChI is InChI=1S/C15H23N5O/c16-15(5-2-1-3-6-15)13(21)19-9-11-20(12-10-19)14-17-7-4-8-18-14/h4,7-8H,1-3,5-6,9-12,16H2. The molecule has 0 spiro atoms. The molecule has 0 unspecified atom stereocenters. The molecule has 0 radical (unpaired) electrons. The van der Waals surface area contributed by atoms with Crippen LogP contribution in [0.1, 0.15) is 32.1 Å². The van der Waals surface area contributed by atoms with E-state index in [0.717, 1.165) is 44.7 Å². The van der Waals surface area contributed by atoms with Crippen LogP contribution in [0.15, 0.2) is 18.5 Å². The summed E-state index contributed by atoms with van der Waals surface area (Å²) in [7, 11) is 0. The molecule has 21 heavy (non-hydrogen) atoms. The normalized spacial score (nSPS) is 22.1. The summed E-state index contributed by atoms with van der Waals surface area (Å²) in [5, 5.41) is 0. The van der Waals surface area contributed by atoms with E-state index in [9.17, 15) is 4.79 Å². The van der Waals surface area contributed by atoms with Gasteiger partial charge in [0.2, 0.25) is 11.9 Å². The number of carbonyl (C=O) groups excluding carboxylic acids is 1. The van der Waals surface area contributed by atoms with E-state index in [2.05, 4.69) is 14.9 Å². The summed E-state index contributed by atoms with van der Waals surface area (Å²) in [4.78, 5) is 25.2. The second-order valence-electron chi connectivity index (χ2n) is 6.04. The van der Waals surface area contributed by atoms with Gasteiger partial charge in [-0.2, -0.15) is 0 Å². The molecule has 0 atom stereocenters. The first-order valence-electron chi connectivity index (χ1n) is 7.79. The smallest absolute Gasteiger partial charge is 0.242 e. The zero-order chi connectivity index (χ0) is 14.7. The molecule has 0 aromatic carbocycles. The van der Waals surface area contributed by atoms with E-state index in [1.165, 1.54) is 6.42 Å². The quantitative estimate of drug-likeness (QED) is 0.871. The van der Waals surface area contributed by atoms with Crippen molar-refractivity contribution in [2.75, 3.05) is 31.1 Å². The van der Waals surface area contributed by atoms with Crippen LogP contribution in [0.5, 0.6) is 0 Å². The van der Waals surface area contributed by atoms with Crippen LogP contribution in [0.3, 0.4) is 0 Å². The molecule has 1 aliphatic carbocycles. The Morgan fingerprint density at radius 2 is 1.67 bits per heavy atom. The molecule has 1 aromatic heterocycles. The lowest BCUT2D eigenvalue weighted by Gasteiger charge is -2.41. The van der Waals surface area contributed by atoms with Crippen LogP contribution in [-0.2, 0) is 4.79 Å². The Balaban J connectivity index is 1.59. The monoisotopic (exact) mass is 289 g/mol. The van der Waals surface area contributed by atoms with Crippen molar-refractivity contribution in [1.82, 2.24) is 14.9 Å². The molecule has 0 bridgehead atoms. The van der Waals surface area contributed by atoms with Crippen LogP contribution in [0.2, 0.25) is 0 Å². The predicted octanol–water partition coefficient (Wildman–Crippen LogP) is 0.787. The number of nitrogens with two attached hydrogens (primary N) is 1. The molecule has 1 saturated carbocycles. The van der Waals surface area contributed by atoms with E-state index in [0.29, 0.717) is 13.1 Å². The first-order chi connectivity index (χ1) is 10.2. The van der Waals surface area contributed by atoms with Gasteiger partial charge in [-0.25, -0.2) is 9.97 Å². The number of rotatable bonds is 2. The highest BCUT2D eigenvalue weighted by Crippen LogP contribution is 2.28. The van der Waals surface area contributed by atoms with Crippen molar-refractivity contribution in [2.24, 2.45) is 5.73 Å². The third-order valence-electron chi connectivity index (χ3n) is 4.57. The van der Waals surface area contributed by atoms with Gasteiger partial charge in [0.1, 0.15) is 0 Å². The highest BCUT2D eigenvalue weighted by Gasteiger charge is 2.39. The van der Waals surface area contributed by atoms with Gasteiger partial charge in [0.05, 0.1) is 5.54 Å². The molecular formula is C15H23N5O. The highest BCUT2D eigenvalue weighted by molar-refractivity contribution is 5.86. The second kappa shape index (κ2) is 5.97. The summed E-state index contributed by atoms with van der Waals surface area (Å²) >= 11 is 0. The van der Waals surface area contributed by atoms with Crippen molar-refractivity contribution in [2.45, 2.75) is 37.6 Å². The van der Waals surface area contributed by atoms with Crippen LogP contribution in [0.25, 0.3) is 0 Å². The molecule has 2 N–H and O–H groups in total. The minimum absolute atomic E-state index is 0.135. The lowest BCUT2D eigenvalue weighted by molar-refractivity contribution is -0.138. The average molecular weight is 289 g/mol. The van der Waals surface area contributed by atoms with E-state index in [1.807, 2.05) is 11.0 Å². The maximum atomic E-state index is 12.7. The van der Waals surface area contributed by atoms with Crippen molar-refractivity contribution in [3.63, 3.8) is 0 Å². The lowest BCUT2D eigenvalue weighted by Crippen LogP contribution is -2.60. The Bertz CT molecular complexity index is 478. The van der Waals surface area contributed by atoms with Gasteiger partial charge in [-0.15, -0.1) is 0 Å². The van der Waals surface area contributed by atoms with Gasteiger partial charge in [0.15, 0.2) is 0 Å². The number of carbonyl (C=O) groups is 1. The SMILES string of the molecule is NC1(C(=O)N2CCN(c3ncccn3)CC2)CCCCC1. The Morgan fingerprint density at radius 3 is 2.29 bits per heavy atom. The summed E-state index contributed by atoms with van der Waals surface area (Å²) < 4.78 is 0. The molecule has 6 nitrogen and oxygen atoms in total. The van der Waals surface area contributed by atoms with Crippen molar-refractivity contribution < 1.29 is 4.79 Å². The number of anilines is 1. The minimum Gasteiger partial charge on any atom is -0.338 e. The minimum atomic E-state index is -0.621. The van der Waals surface area contributed by atoms with E-state index in [-0.39, 0.29) is 5.91 Å². The summed E-state index contributed by atoms with van der Waals surface area (Å²) in [6.45, 7) is 2.95. The average Bonchev–Trinajstić information content (AvgIpc) is 2.56. The first-order valence-corrected chi connectivity index (χ1v) is 7.79. The van der Waals surface area contributed by atoms with Gasteiger partial charge in [-0.1, -0.05) is 19.3 Å². The van der Waals surface area contributed by atoms with Crippen LogP contribution in [-0.4, -0.2) is 52.5 Å². The predicted molar refractivity (Wildman–Crippen MR) is 80.8 cm³/mol. The van der Waals surface area contributed by atoms with E-state index < -0.39 is 5.54 Å². The van der Waals surface area contributed by atoms with E-state index in [1.54, 1.807) is 12.4 Å². The second-order valence-corrected chi connectivity index (χ2v) is 6.04. The van der Waals surface area contributed by atoms with Gasteiger partial charge in [-0.05, 0) is 18.9 Å². The van der Waals surface area contributed by atoms with Gasteiger partial charge < -0.3 is 15.5 Å². The molecule has 1 amide bonds. The molecule has 1 aliphatic heterocycles. The first kappa shape index (κ1) is 14.3. The van der Waals surface area contributed by atoms with Crippen molar-refractivity contribution in [3.8, 4) is 0 Å². The molecular weight excluding hydrogens is 266 g/mol. The topological polar surface area (TPSA) is 75.4 Å². The maximum Gasteiger partial charge on any atom is 0.242 e. The van der Waals surface area contributed by atoms with Gasteiger partial charge in [0.25, 0.3) is 0 Å². The molecule has 3 rings (SSSR count). The summed E-state index contributed by atoms with van der Waals surface area (Å²) in [5.74, 6) is 0.876. The van der Waals surface area contributed by atoms with Crippen molar-refractivity contribution >= 4 is 11.9 Å². The van der Waals surface area contributed by atoms with E-state index in [4.69, 9.17) is 5.73 Å². The molecule has 6 heteroatoms.